The van der Waals surface area contributed by atoms with E-state index < -0.39 is 20.4 Å². The van der Waals surface area contributed by atoms with Crippen molar-refractivity contribution in [3.63, 3.8) is 0 Å². The second-order valence-electron chi connectivity index (χ2n) is 4.83. The Kier molecular flexibility index (Phi) is 13.3. The number of aryl methyl sites for hydroxylation is 2. The molecule has 0 fully saturated rings. The lowest BCUT2D eigenvalue weighted by molar-refractivity contribution is -0.913. The van der Waals surface area contributed by atoms with Crippen LogP contribution in [0, 0.1) is 34.1 Å². The van der Waals surface area contributed by atoms with Crippen LogP contribution in [0.2, 0.25) is 0 Å². The largest absolute Gasteiger partial charge is 0.394 e. The highest BCUT2D eigenvalue weighted by molar-refractivity contribution is 9.10. The second kappa shape index (κ2) is 13.5. The first-order chi connectivity index (χ1) is 13.5. The Morgan fingerprint density at radius 2 is 1.37 bits per heavy atom. The first kappa shape index (κ1) is 29.5. The third kappa shape index (κ3) is 16.3. The standard InChI is InChI=1S/C6H6BrN2O3.C6H7BrNO.HNO3.H2O4S/c1-4-3-8(10)6(7)2-5(4)9(11)12;1-5-2-3-6(7)8(9)4-5;2-1(3)4;1-5(2,3)4/h2-3,10H,1H3;2-4,9H,1H3;(H,2,3,4);(H2,1,2,3,4)/q2*+1;;. The minimum atomic E-state index is -4.67. The van der Waals surface area contributed by atoms with Crippen LogP contribution in [0.4, 0.5) is 5.69 Å². The van der Waals surface area contributed by atoms with E-state index in [0.717, 1.165) is 15.0 Å². The lowest BCUT2D eigenvalue weighted by Crippen LogP contribution is -2.31. The topological polar surface area (TPSA) is 229 Å². The molecule has 0 aromatic carbocycles. The van der Waals surface area contributed by atoms with Crippen LogP contribution >= 0.6 is 31.9 Å². The van der Waals surface area contributed by atoms with E-state index in [1.807, 2.05) is 13.0 Å². The summed E-state index contributed by atoms with van der Waals surface area (Å²) in [6, 6.07) is 4.95. The molecule has 0 unspecified atom stereocenters. The molecule has 0 atom stereocenters. The number of halogens is 2. The van der Waals surface area contributed by atoms with Gasteiger partial charge in [0.2, 0.25) is 12.4 Å². The van der Waals surface area contributed by atoms with Crippen molar-refractivity contribution >= 4 is 47.9 Å². The zero-order chi connectivity index (χ0) is 24.2. The summed E-state index contributed by atoms with van der Waals surface area (Å²) in [4.78, 5) is 18.2. The lowest BCUT2D eigenvalue weighted by atomic mass is 10.3. The molecule has 0 aliphatic rings. The molecule has 30 heavy (non-hydrogen) atoms. The number of nitrogens with zero attached hydrogens (tertiary/aromatic N) is 4. The molecular weight excluding hydrogens is 568 g/mol. The van der Waals surface area contributed by atoms with Gasteiger partial charge in [0.05, 0.1) is 10.5 Å². The van der Waals surface area contributed by atoms with E-state index in [2.05, 4.69) is 31.9 Å². The van der Waals surface area contributed by atoms with Crippen LogP contribution in [0.5, 0.6) is 0 Å². The van der Waals surface area contributed by atoms with Gasteiger partial charge in [-0.1, -0.05) is 0 Å². The fourth-order valence-corrected chi connectivity index (χ4v) is 1.93. The quantitative estimate of drug-likeness (QED) is 0.0805. The number of pyridine rings is 2. The molecular formula is C12H16Br2N4O11S+2. The second-order valence-corrected chi connectivity index (χ2v) is 7.35. The molecule has 18 heteroatoms. The summed E-state index contributed by atoms with van der Waals surface area (Å²) >= 11 is 6.10. The summed E-state index contributed by atoms with van der Waals surface area (Å²) in [5, 5.41) is 42.0. The van der Waals surface area contributed by atoms with Crippen molar-refractivity contribution in [2.45, 2.75) is 13.8 Å². The van der Waals surface area contributed by atoms with Crippen molar-refractivity contribution in [2.24, 2.45) is 0 Å². The highest BCUT2D eigenvalue weighted by Gasteiger charge is 2.19. The Balaban J connectivity index is 0. The molecule has 0 saturated carbocycles. The first-order valence-corrected chi connectivity index (χ1v) is 9.89. The predicted octanol–water partition coefficient (Wildman–Crippen LogP) is 1.47. The number of rotatable bonds is 1. The maximum absolute atomic E-state index is 10.4. The summed E-state index contributed by atoms with van der Waals surface area (Å²) < 4.78 is 34.3. The molecule has 2 heterocycles. The Labute approximate surface area is 185 Å². The minimum absolute atomic E-state index is 0.0211. The Hall–Kier alpha value is -2.67. The number of nitro groups is 1. The number of aromatic nitrogens is 2. The van der Waals surface area contributed by atoms with Gasteiger partial charge >= 0.3 is 15.0 Å². The third-order valence-corrected chi connectivity index (χ3v) is 3.64. The van der Waals surface area contributed by atoms with Crippen LogP contribution in [-0.4, -0.2) is 43.2 Å². The Bertz CT molecular complexity index is 976. The molecule has 0 saturated heterocycles. The van der Waals surface area contributed by atoms with Crippen LogP contribution in [0.3, 0.4) is 0 Å². The van der Waals surface area contributed by atoms with Gasteiger partial charge in [0.1, 0.15) is 6.07 Å². The van der Waals surface area contributed by atoms with E-state index in [0.29, 0.717) is 10.2 Å². The molecule has 2 aromatic heterocycles. The van der Waals surface area contributed by atoms with Crippen LogP contribution in [0.15, 0.2) is 39.8 Å². The molecule has 168 valence electrons. The van der Waals surface area contributed by atoms with Crippen LogP contribution < -0.4 is 9.46 Å². The van der Waals surface area contributed by atoms with Gasteiger partial charge in [-0.2, -0.15) is 8.42 Å². The van der Waals surface area contributed by atoms with E-state index >= 15 is 0 Å². The summed E-state index contributed by atoms with van der Waals surface area (Å²) in [5.41, 5.74) is 1.42. The maximum atomic E-state index is 10.4. The Morgan fingerprint density at radius 3 is 1.70 bits per heavy atom. The van der Waals surface area contributed by atoms with Crippen molar-refractivity contribution in [3.05, 3.63) is 71.2 Å². The van der Waals surface area contributed by atoms with Crippen LogP contribution in [-0.2, 0) is 10.4 Å². The van der Waals surface area contributed by atoms with Crippen molar-refractivity contribution in [2.75, 3.05) is 0 Å². The zero-order valence-corrected chi connectivity index (χ0v) is 19.0. The fourth-order valence-electron chi connectivity index (χ4n) is 1.37. The van der Waals surface area contributed by atoms with Crippen molar-refractivity contribution in [1.82, 2.24) is 0 Å². The van der Waals surface area contributed by atoms with Gasteiger partial charge in [0, 0.05) is 53.0 Å². The van der Waals surface area contributed by atoms with Crippen molar-refractivity contribution in [1.29, 1.82) is 0 Å². The van der Waals surface area contributed by atoms with Gasteiger partial charge in [-0.05, 0) is 19.9 Å². The molecule has 2 rings (SSSR count). The summed E-state index contributed by atoms with van der Waals surface area (Å²) in [7, 11) is -4.67. The molecule has 0 aliphatic heterocycles. The normalized spacial score (nSPS) is 9.53. The number of hydrogen-bond acceptors (Lipinski definition) is 8. The van der Waals surface area contributed by atoms with Gasteiger partial charge in [-0.15, -0.1) is 10.1 Å². The SMILES string of the molecule is Cc1c[n+](O)c(Br)cc1[N+](=O)[O-].Cc1ccc(Br)[n+](O)c1.O=S(=O)(O)O.O=[N+]([O-])O. The molecule has 15 nitrogen and oxygen atoms in total. The van der Waals surface area contributed by atoms with E-state index in [-0.39, 0.29) is 10.3 Å². The van der Waals surface area contributed by atoms with Gasteiger partial charge in [-0.3, -0.25) is 29.6 Å². The molecule has 0 spiro atoms. The van der Waals surface area contributed by atoms with Gasteiger partial charge < -0.3 is 5.21 Å². The van der Waals surface area contributed by atoms with Crippen LogP contribution in [0.1, 0.15) is 11.1 Å². The molecule has 5 N–H and O–H groups in total. The molecule has 0 bridgehead atoms. The molecule has 0 radical (unpaired) electrons. The first-order valence-electron chi connectivity index (χ1n) is 6.91. The highest BCUT2D eigenvalue weighted by Crippen LogP contribution is 2.18. The average molecular weight is 584 g/mol. The Morgan fingerprint density at radius 1 is 0.967 bits per heavy atom. The van der Waals surface area contributed by atoms with E-state index in [4.69, 9.17) is 43.3 Å². The van der Waals surface area contributed by atoms with Crippen molar-refractivity contribution < 1.29 is 52.6 Å². The van der Waals surface area contributed by atoms with E-state index in [9.17, 15) is 10.1 Å². The zero-order valence-electron chi connectivity index (χ0n) is 15.0. The number of hydrogen-bond donors (Lipinski definition) is 5. The van der Waals surface area contributed by atoms with Gasteiger partial charge in [0.25, 0.3) is 15.4 Å². The molecule has 0 amide bonds. The average Bonchev–Trinajstić information content (AvgIpc) is 2.53. The monoisotopic (exact) mass is 582 g/mol. The van der Waals surface area contributed by atoms with E-state index in [1.165, 1.54) is 12.3 Å². The smallest absolute Gasteiger partial charge is 0.328 e. The fraction of sp³-hybridized carbons (Fsp3) is 0.167. The van der Waals surface area contributed by atoms with Crippen LogP contribution in [0.25, 0.3) is 0 Å². The summed E-state index contributed by atoms with van der Waals surface area (Å²) in [5.74, 6) is 0. The van der Waals surface area contributed by atoms with E-state index in [1.54, 1.807) is 19.2 Å². The maximum Gasteiger partial charge on any atom is 0.394 e. The lowest BCUT2D eigenvalue weighted by Gasteiger charge is -1.93. The van der Waals surface area contributed by atoms with Gasteiger partial charge in [0.15, 0.2) is 0 Å². The molecule has 2 aromatic rings. The third-order valence-electron chi connectivity index (χ3n) is 2.42. The molecule has 0 aliphatic carbocycles. The summed E-state index contributed by atoms with van der Waals surface area (Å²) in [6.45, 7) is 3.47. The predicted molar refractivity (Wildman–Crippen MR) is 102 cm³/mol. The summed E-state index contributed by atoms with van der Waals surface area (Å²) in [6.07, 6.45) is 2.90. The highest BCUT2D eigenvalue weighted by atomic mass is 79.9. The minimum Gasteiger partial charge on any atom is -0.328 e. The van der Waals surface area contributed by atoms with Gasteiger partial charge in [-0.25, -0.2) is 0 Å². The van der Waals surface area contributed by atoms with Crippen molar-refractivity contribution in [3.8, 4) is 0 Å².